The molecule has 1 aliphatic rings. The van der Waals surface area contributed by atoms with Gasteiger partial charge in [0.05, 0.1) is 0 Å². The van der Waals surface area contributed by atoms with E-state index in [4.69, 9.17) is 0 Å². The molecule has 5 nitrogen and oxygen atoms in total. The largest absolute Gasteiger partial charge is 0.378 e. The SMILES string of the molecule is CCCC(=O)N1CCN(C(=O)c2ccc(N(C)C)cc2)CC1. The molecule has 1 heterocycles. The van der Waals surface area contributed by atoms with Crippen LogP contribution < -0.4 is 4.90 Å². The topological polar surface area (TPSA) is 43.9 Å². The lowest BCUT2D eigenvalue weighted by molar-refractivity contribution is -0.132. The van der Waals surface area contributed by atoms with E-state index in [0.29, 0.717) is 38.2 Å². The van der Waals surface area contributed by atoms with Crippen LogP contribution in [0.3, 0.4) is 0 Å². The van der Waals surface area contributed by atoms with E-state index in [2.05, 4.69) is 0 Å². The predicted molar refractivity (Wildman–Crippen MR) is 88.2 cm³/mol. The Morgan fingerprint density at radius 3 is 2.05 bits per heavy atom. The van der Waals surface area contributed by atoms with Gasteiger partial charge in [-0.05, 0) is 30.7 Å². The number of piperazine rings is 1. The first kappa shape index (κ1) is 16.3. The van der Waals surface area contributed by atoms with Crippen molar-refractivity contribution in [3.63, 3.8) is 0 Å². The minimum atomic E-state index is 0.0490. The van der Waals surface area contributed by atoms with Crippen molar-refractivity contribution in [2.24, 2.45) is 0 Å². The summed E-state index contributed by atoms with van der Waals surface area (Å²) in [5, 5.41) is 0. The van der Waals surface area contributed by atoms with Gasteiger partial charge in [-0.2, -0.15) is 0 Å². The summed E-state index contributed by atoms with van der Waals surface area (Å²) in [6.07, 6.45) is 1.47. The van der Waals surface area contributed by atoms with Crippen LogP contribution in [-0.2, 0) is 4.79 Å². The highest BCUT2D eigenvalue weighted by molar-refractivity contribution is 5.94. The first-order chi connectivity index (χ1) is 10.5. The number of hydrogen-bond donors (Lipinski definition) is 0. The van der Waals surface area contributed by atoms with E-state index < -0.39 is 0 Å². The Balaban J connectivity index is 1.93. The third-order valence-corrected chi connectivity index (χ3v) is 4.01. The zero-order valence-corrected chi connectivity index (χ0v) is 13.7. The summed E-state index contributed by atoms with van der Waals surface area (Å²) in [6, 6.07) is 7.64. The molecule has 0 atom stereocenters. The average molecular weight is 303 g/mol. The lowest BCUT2D eigenvalue weighted by atomic mass is 10.1. The van der Waals surface area contributed by atoms with E-state index >= 15 is 0 Å². The molecule has 0 spiro atoms. The number of carbonyl (C=O) groups excluding carboxylic acids is 2. The molecule has 0 saturated carbocycles. The average Bonchev–Trinajstić information content (AvgIpc) is 2.54. The minimum Gasteiger partial charge on any atom is -0.378 e. The summed E-state index contributed by atoms with van der Waals surface area (Å²) >= 11 is 0. The second-order valence-corrected chi connectivity index (χ2v) is 5.86. The van der Waals surface area contributed by atoms with Crippen molar-refractivity contribution in [1.29, 1.82) is 0 Å². The summed E-state index contributed by atoms with van der Waals surface area (Å²) in [5.41, 5.74) is 1.78. The number of rotatable bonds is 4. The molecule has 2 rings (SSSR count). The van der Waals surface area contributed by atoms with Crippen LogP contribution in [0.4, 0.5) is 5.69 Å². The smallest absolute Gasteiger partial charge is 0.253 e. The van der Waals surface area contributed by atoms with Crippen molar-refractivity contribution in [2.45, 2.75) is 19.8 Å². The zero-order valence-electron chi connectivity index (χ0n) is 13.7. The molecule has 0 N–H and O–H groups in total. The lowest BCUT2D eigenvalue weighted by Gasteiger charge is -2.35. The molecule has 1 aromatic carbocycles. The monoisotopic (exact) mass is 303 g/mol. The van der Waals surface area contributed by atoms with Crippen molar-refractivity contribution in [3.8, 4) is 0 Å². The third kappa shape index (κ3) is 3.78. The first-order valence-corrected chi connectivity index (χ1v) is 7.87. The molecule has 1 saturated heterocycles. The van der Waals surface area contributed by atoms with E-state index in [-0.39, 0.29) is 11.8 Å². The van der Waals surface area contributed by atoms with Crippen LogP contribution >= 0.6 is 0 Å². The summed E-state index contributed by atoms with van der Waals surface area (Å²) in [4.78, 5) is 30.1. The fourth-order valence-corrected chi connectivity index (χ4v) is 2.62. The quantitative estimate of drug-likeness (QED) is 0.852. The predicted octanol–water partition coefficient (Wildman–Crippen LogP) is 1.84. The van der Waals surface area contributed by atoms with Gasteiger partial charge in [0.25, 0.3) is 5.91 Å². The number of anilines is 1. The molecule has 120 valence electrons. The number of nitrogens with zero attached hydrogens (tertiary/aromatic N) is 3. The molecule has 0 aliphatic carbocycles. The van der Waals surface area contributed by atoms with Gasteiger partial charge in [-0.1, -0.05) is 6.92 Å². The van der Waals surface area contributed by atoms with Gasteiger partial charge in [0.1, 0.15) is 0 Å². The molecule has 22 heavy (non-hydrogen) atoms. The Bertz CT molecular complexity index is 517. The number of hydrogen-bond acceptors (Lipinski definition) is 3. The second-order valence-electron chi connectivity index (χ2n) is 5.86. The molecule has 0 bridgehead atoms. The first-order valence-electron chi connectivity index (χ1n) is 7.87. The van der Waals surface area contributed by atoms with Crippen LogP contribution in [0.5, 0.6) is 0 Å². The summed E-state index contributed by atoms with van der Waals surface area (Å²) in [7, 11) is 3.95. The molecular formula is C17H25N3O2. The second kappa shape index (κ2) is 7.29. The number of benzene rings is 1. The fourth-order valence-electron chi connectivity index (χ4n) is 2.62. The number of carbonyl (C=O) groups is 2. The molecule has 0 aromatic heterocycles. The maximum atomic E-state index is 12.5. The summed E-state index contributed by atoms with van der Waals surface area (Å²) in [6.45, 7) is 4.52. The van der Waals surface area contributed by atoms with Crippen LogP contribution in [-0.4, -0.2) is 61.9 Å². The molecule has 2 amide bonds. The lowest BCUT2D eigenvalue weighted by Crippen LogP contribution is -2.50. The van der Waals surface area contributed by atoms with Crippen LogP contribution in [0.25, 0.3) is 0 Å². The maximum absolute atomic E-state index is 12.5. The summed E-state index contributed by atoms with van der Waals surface area (Å²) < 4.78 is 0. The van der Waals surface area contributed by atoms with Crippen LogP contribution in [0.2, 0.25) is 0 Å². The molecular weight excluding hydrogens is 278 g/mol. The van der Waals surface area contributed by atoms with Crippen molar-refractivity contribution >= 4 is 17.5 Å². The van der Waals surface area contributed by atoms with Crippen LogP contribution in [0.1, 0.15) is 30.1 Å². The minimum absolute atomic E-state index is 0.0490. The zero-order chi connectivity index (χ0) is 16.1. The van der Waals surface area contributed by atoms with Gasteiger partial charge in [0, 0.05) is 57.9 Å². The van der Waals surface area contributed by atoms with E-state index in [9.17, 15) is 9.59 Å². The van der Waals surface area contributed by atoms with Crippen molar-refractivity contribution in [1.82, 2.24) is 9.80 Å². The van der Waals surface area contributed by atoms with E-state index in [1.807, 2.05) is 60.0 Å². The Labute approximate surface area is 132 Å². The van der Waals surface area contributed by atoms with E-state index in [1.165, 1.54) is 0 Å². The third-order valence-electron chi connectivity index (χ3n) is 4.01. The highest BCUT2D eigenvalue weighted by Gasteiger charge is 2.24. The van der Waals surface area contributed by atoms with E-state index in [1.54, 1.807) is 0 Å². The molecule has 0 radical (unpaired) electrons. The molecule has 0 unspecified atom stereocenters. The molecule has 5 heteroatoms. The van der Waals surface area contributed by atoms with Gasteiger partial charge in [0.2, 0.25) is 5.91 Å². The molecule has 1 aliphatic heterocycles. The van der Waals surface area contributed by atoms with Crippen LogP contribution in [0, 0.1) is 0 Å². The van der Waals surface area contributed by atoms with Crippen molar-refractivity contribution in [3.05, 3.63) is 29.8 Å². The Kier molecular flexibility index (Phi) is 5.41. The Hall–Kier alpha value is -2.04. The maximum Gasteiger partial charge on any atom is 0.253 e. The molecule has 1 fully saturated rings. The standard InChI is InChI=1S/C17H25N3O2/c1-4-5-16(21)19-10-12-20(13-11-19)17(22)14-6-8-15(9-7-14)18(2)3/h6-9H,4-5,10-13H2,1-3H3. The van der Waals surface area contributed by atoms with Gasteiger partial charge in [0.15, 0.2) is 0 Å². The van der Waals surface area contributed by atoms with Gasteiger partial charge in [-0.25, -0.2) is 0 Å². The Morgan fingerprint density at radius 1 is 1.00 bits per heavy atom. The normalized spacial score (nSPS) is 14.9. The highest BCUT2D eigenvalue weighted by Crippen LogP contribution is 2.15. The van der Waals surface area contributed by atoms with Gasteiger partial charge >= 0.3 is 0 Å². The number of amides is 2. The Morgan fingerprint density at radius 2 is 1.55 bits per heavy atom. The van der Waals surface area contributed by atoms with Crippen LogP contribution in [0.15, 0.2) is 24.3 Å². The summed E-state index contributed by atoms with van der Waals surface area (Å²) in [5.74, 6) is 0.248. The van der Waals surface area contributed by atoms with Crippen molar-refractivity contribution in [2.75, 3.05) is 45.2 Å². The fraction of sp³-hybridized carbons (Fsp3) is 0.529. The molecule has 1 aromatic rings. The van der Waals surface area contributed by atoms with Gasteiger partial charge in [-0.15, -0.1) is 0 Å². The van der Waals surface area contributed by atoms with Crippen molar-refractivity contribution < 1.29 is 9.59 Å². The van der Waals surface area contributed by atoms with E-state index in [0.717, 1.165) is 12.1 Å². The highest BCUT2D eigenvalue weighted by atomic mass is 16.2. The van der Waals surface area contributed by atoms with Gasteiger partial charge < -0.3 is 14.7 Å². The van der Waals surface area contributed by atoms with Gasteiger partial charge in [-0.3, -0.25) is 9.59 Å².